The summed E-state index contributed by atoms with van der Waals surface area (Å²) >= 11 is 3.40. The van der Waals surface area contributed by atoms with Gasteiger partial charge in [-0.25, -0.2) is 0 Å². The fourth-order valence-electron chi connectivity index (χ4n) is 1.31. The molecule has 17 heavy (non-hydrogen) atoms. The van der Waals surface area contributed by atoms with Crippen LogP contribution in [-0.2, 0) is 11.2 Å². The van der Waals surface area contributed by atoms with Gasteiger partial charge < -0.3 is 15.4 Å². The Morgan fingerprint density at radius 3 is 2.76 bits per heavy atom. The molecular weight excluding hydrogens is 284 g/mol. The van der Waals surface area contributed by atoms with E-state index in [1.165, 1.54) is 4.90 Å². The van der Waals surface area contributed by atoms with Gasteiger partial charge in [-0.15, -0.1) is 0 Å². The Kier molecular flexibility index (Phi) is 5.44. The average Bonchev–Trinajstić information content (AvgIpc) is 2.28. The zero-order valence-corrected chi connectivity index (χ0v) is 11.7. The third-order valence-electron chi connectivity index (χ3n) is 2.29. The lowest BCUT2D eigenvalue weighted by atomic mass is 10.1. The molecule has 0 atom stereocenters. The molecule has 0 saturated carbocycles. The van der Waals surface area contributed by atoms with Gasteiger partial charge in [0.1, 0.15) is 5.75 Å². The van der Waals surface area contributed by atoms with Crippen molar-refractivity contribution < 1.29 is 9.53 Å². The van der Waals surface area contributed by atoms with Crippen molar-refractivity contribution in [3.63, 3.8) is 0 Å². The van der Waals surface area contributed by atoms with Gasteiger partial charge in [-0.3, -0.25) is 4.79 Å². The highest BCUT2D eigenvalue weighted by atomic mass is 79.9. The third kappa shape index (κ3) is 4.36. The molecule has 0 saturated heterocycles. The lowest BCUT2D eigenvalue weighted by molar-refractivity contribution is -0.130. The first kappa shape index (κ1) is 14.0. The van der Waals surface area contributed by atoms with Crippen LogP contribution < -0.4 is 10.5 Å². The van der Waals surface area contributed by atoms with Gasteiger partial charge in [0, 0.05) is 18.6 Å². The van der Waals surface area contributed by atoms with Crippen molar-refractivity contribution in [1.82, 2.24) is 4.90 Å². The average molecular weight is 301 g/mol. The lowest BCUT2D eigenvalue weighted by Crippen LogP contribution is -2.27. The number of amides is 1. The first-order chi connectivity index (χ1) is 8.04. The van der Waals surface area contributed by atoms with Crippen molar-refractivity contribution in [2.24, 2.45) is 5.73 Å². The molecule has 1 aromatic carbocycles. The van der Waals surface area contributed by atoms with E-state index in [1.54, 1.807) is 14.1 Å². The minimum absolute atomic E-state index is 0.0478. The van der Waals surface area contributed by atoms with Crippen LogP contribution in [0.3, 0.4) is 0 Å². The zero-order chi connectivity index (χ0) is 12.8. The number of carbonyl (C=O) groups is 1. The molecule has 2 N–H and O–H groups in total. The SMILES string of the molecule is CN(C)C(=O)COc1ccc(Br)cc1CCN. The Labute approximate surface area is 110 Å². The first-order valence-electron chi connectivity index (χ1n) is 5.36. The maximum absolute atomic E-state index is 11.4. The summed E-state index contributed by atoms with van der Waals surface area (Å²) in [5.41, 5.74) is 6.55. The number of hydrogen-bond acceptors (Lipinski definition) is 3. The van der Waals surface area contributed by atoms with Gasteiger partial charge in [-0.05, 0) is 36.7 Å². The number of likely N-dealkylation sites (N-methyl/N-ethyl adjacent to an activating group) is 1. The van der Waals surface area contributed by atoms with Crippen molar-refractivity contribution in [3.8, 4) is 5.75 Å². The van der Waals surface area contributed by atoms with Gasteiger partial charge in [-0.1, -0.05) is 15.9 Å². The Morgan fingerprint density at radius 2 is 2.18 bits per heavy atom. The lowest BCUT2D eigenvalue weighted by Gasteiger charge is -2.14. The minimum Gasteiger partial charge on any atom is -0.483 e. The number of nitrogens with two attached hydrogens (primary N) is 1. The molecule has 4 nitrogen and oxygen atoms in total. The minimum atomic E-state index is -0.0633. The summed E-state index contributed by atoms with van der Waals surface area (Å²) in [7, 11) is 3.40. The van der Waals surface area contributed by atoms with E-state index in [1.807, 2.05) is 18.2 Å². The predicted octanol–water partition coefficient (Wildman–Crippen LogP) is 1.42. The van der Waals surface area contributed by atoms with E-state index in [0.29, 0.717) is 12.3 Å². The summed E-state index contributed by atoms with van der Waals surface area (Å²) in [5.74, 6) is 0.653. The zero-order valence-electron chi connectivity index (χ0n) is 10.1. The van der Waals surface area contributed by atoms with Crippen LogP contribution in [-0.4, -0.2) is 38.1 Å². The van der Waals surface area contributed by atoms with E-state index >= 15 is 0 Å². The molecule has 0 unspecified atom stereocenters. The highest BCUT2D eigenvalue weighted by Crippen LogP contribution is 2.23. The molecule has 0 aliphatic carbocycles. The van der Waals surface area contributed by atoms with Gasteiger partial charge in [-0.2, -0.15) is 0 Å². The number of ether oxygens (including phenoxy) is 1. The van der Waals surface area contributed by atoms with Crippen LogP contribution >= 0.6 is 15.9 Å². The summed E-state index contributed by atoms with van der Waals surface area (Å²) in [5, 5.41) is 0. The molecule has 0 aliphatic rings. The van der Waals surface area contributed by atoms with E-state index < -0.39 is 0 Å². The highest BCUT2D eigenvalue weighted by molar-refractivity contribution is 9.10. The Balaban J connectivity index is 2.72. The van der Waals surface area contributed by atoms with E-state index in [0.717, 1.165) is 16.5 Å². The molecule has 0 fully saturated rings. The summed E-state index contributed by atoms with van der Waals surface area (Å²) < 4.78 is 6.48. The van der Waals surface area contributed by atoms with Gasteiger partial charge >= 0.3 is 0 Å². The Bertz CT molecular complexity index is 394. The molecule has 0 spiro atoms. The van der Waals surface area contributed by atoms with Gasteiger partial charge in [0.2, 0.25) is 0 Å². The highest BCUT2D eigenvalue weighted by Gasteiger charge is 2.08. The van der Waals surface area contributed by atoms with Crippen LogP contribution in [0, 0.1) is 0 Å². The molecule has 94 valence electrons. The molecule has 0 aliphatic heterocycles. The second-order valence-corrected chi connectivity index (χ2v) is 4.78. The van der Waals surface area contributed by atoms with Crippen molar-refractivity contribution in [1.29, 1.82) is 0 Å². The van der Waals surface area contributed by atoms with Crippen LogP contribution in [0.15, 0.2) is 22.7 Å². The summed E-state index contributed by atoms with van der Waals surface area (Å²) in [4.78, 5) is 12.9. The monoisotopic (exact) mass is 300 g/mol. The largest absolute Gasteiger partial charge is 0.483 e. The Hall–Kier alpha value is -1.07. The number of benzene rings is 1. The summed E-state index contributed by atoms with van der Waals surface area (Å²) in [6.45, 7) is 0.598. The van der Waals surface area contributed by atoms with Gasteiger partial charge in [0.15, 0.2) is 6.61 Å². The Morgan fingerprint density at radius 1 is 1.47 bits per heavy atom. The second kappa shape index (κ2) is 6.61. The van der Waals surface area contributed by atoms with Crippen LogP contribution in [0.4, 0.5) is 0 Å². The molecule has 0 heterocycles. The predicted molar refractivity (Wildman–Crippen MR) is 71.1 cm³/mol. The normalized spacial score (nSPS) is 10.1. The van der Waals surface area contributed by atoms with Crippen LogP contribution in [0.25, 0.3) is 0 Å². The van der Waals surface area contributed by atoms with Crippen LogP contribution in [0.5, 0.6) is 5.75 Å². The molecule has 0 aromatic heterocycles. The van der Waals surface area contributed by atoms with Crippen LogP contribution in [0.2, 0.25) is 0 Å². The molecule has 1 amide bonds. The molecule has 0 radical (unpaired) electrons. The standard InChI is InChI=1S/C12H17BrN2O2/c1-15(2)12(16)8-17-11-4-3-10(13)7-9(11)5-6-14/h3-4,7H,5-6,8,14H2,1-2H3. The van der Waals surface area contributed by atoms with Gasteiger partial charge in [0.05, 0.1) is 0 Å². The number of nitrogens with zero attached hydrogens (tertiary/aromatic N) is 1. The maximum Gasteiger partial charge on any atom is 0.259 e. The second-order valence-electron chi connectivity index (χ2n) is 3.87. The number of halogens is 1. The quantitative estimate of drug-likeness (QED) is 0.895. The smallest absolute Gasteiger partial charge is 0.259 e. The van der Waals surface area contributed by atoms with Crippen molar-refractivity contribution in [2.45, 2.75) is 6.42 Å². The van der Waals surface area contributed by atoms with Gasteiger partial charge in [0.25, 0.3) is 5.91 Å². The van der Waals surface area contributed by atoms with Crippen LogP contribution in [0.1, 0.15) is 5.56 Å². The fraction of sp³-hybridized carbons (Fsp3) is 0.417. The molecular formula is C12H17BrN2O2. The van der Waals surface area contributed by atoms with Crippen molar-refractivity contribution in [3.05, 3.63) is 28.2 Å². The fourth-order valence-corrected chi connectivity index (χ4v) is 1.72. The molecule has 0 bridgehead atoms. The van der Waals surface area contributed by atoms with E-state index in [9.17, 15) is 4.79 Å². The van der Waals surface area contributed by atoms with Crippen molar-refractivity contribution >= 4 is 21.8 Å². The van der Waals surface area contributed by atoms with Crippen molar-refractivity contribution in [2.75, 3.05) is 27.2 Å². The van der Waals surface area contributed by atoms with E-state index in [4.69, 9.17) is 10.5 Å². The third-order valence-corrected chi connectivity index (χ3v) is 2.78. The van der Waals surface area contributed by atoms with E-state index in [-0.39, 0.29) is 12.5 Å². The number of carbonyl (C=O) groups excluding carboxylic acids is 1. The number of rotatable bonds is 5. The maximum atomic E-state index is 11.4. The molecule has 1 rings (SSSR count). The summed E-state index contributed by atoms with van der Waals surface area (Å²) in [6.07, 6.45) is 0.727. The number of hydrogen-bond donors (Lipinski definition) is 1. The topological polar surface area (TPSA) is 55.6 Å². The molecule has 1 aromatic rings. The van der Waals surface area contributed by atoms with E-state index in [2.05, 4.69) is 15.9 Å². The molecule has 5 heteroatoms. The summed E-state index contributed by atoms with van der Waals surface area (Å²) in [6, 6.07) is 5.69. The first-order valence-corrected chi connectivity index (χ1v) is 6.15.